The Morgan fingerprint density at radius 1 is 1.00 bits per heavy atom. The molecular formula is C18H19NO2. The van der Waals surface area contributed by atoms with Crippen molar-refractivity contribution in [1.29, 1.82) is 0 Å². The number of anilines is 1. The Kier molecular flexibility index (Phi) is 2.78. The third-order valence-electron chi connectivity index (χ3n) is 5.37. The smallest absolute Gasteiger partial charge is 0.238 e. The molecule has 1 heterocycles. The zero-order chi connectivity index (χ0) is 14.6. The van der Waals surface area contributed by atoms with Crippen LogP contribution in [0.5, 0.6) is 0 Å². The number of rotatable bonds is 2. The molecule has 0 radical (unpaired) electrons. The number of fused-ring (bicyclic) bond motifs is 1. The molecule has 4 atom stereocenters. The van der Waals surface area contributed by atoms with Gasteiger partial charge in [0, 0.05) is 0 Å². The predicted octanol–water partition coefficient (Wildman–Crippen LogP) is 2.95. The Bertz CT molecular complexity index is 616. The van der Waals surface area contributed by atoms with Crippen LogP contribution >= 0.6 is 0 Å². The summed E-state index contributed by atoms with van der Waals surface area (Å²) in [6, 6.07) is 7.78. The molecule has 1 saturated carbocycles. The Labute approximate surface area is 124 Å². The summed E-state index contributed by atoms with van der Waals surface area (Å²) in [5.74, 6) is 0.317. The van der Waals surface area contributed by atoms with Gasteiger partial charge in [0.15, 0.2) is 0 Å². The molecule has 2 amide bonds. The molecule has 0 N–H and O–H groups in total. The molecule has 4 aliphatic rings. The number of carbonyl (C=O) groups excluding carboxylic acids is 2. The summed E-state index contributed by atoms with van der Waals surface area (Å²) in [5, 5.41) is 0. The van der Waals surface area contributed by atoms with Gasteiger partial charge in [-0.15, -0.1) is 0 Å². The molecule has 0 aromatic heterocycles. The minimum atomic E-state index is -0.119. The van der Waals surface area contributed by atoms with Crippen LogP contribution in [0.4, 0.5) is 5.69 Å². The van der Waals surface area contributed by atoms with Crippen LogP contribution in [0, 0.1) is 23.7 Å². The molecule has 21 heavy (non-hydrogen) atoms. The fourth-order valence-corrected chi connectivity index (χ4v) is 4.34. The van der Waals surface area contributed by atoms with Crippen LogP contribution in [0.15, 0.2) is 36.4 Å². The number of hydrogen-bond acceptors (Lipinski definition) is 2. The number of amides is 2. The van der Waals surface area contributed by atoms with E-state index in [1.54, 1.807) is 0 Å². The normalized spacial score (nSPS) is 33.7. The van der Waals surface area contributed by atoms with E-state index in [1.165, 1.54) is 4.90 Å². The predicted molar refractivity (Wildman–Crippen MR) is 80.6 cm³/mol. The van der Waals surface area contributed by atoms with E-state index >= 15 is 0 Å². The second-order valence-corrected chi connectivity index (χ2v) is 6.34. The average Bonchev–Trinajstić information content (AvgIpc) is 2.82. The van der Waals surface area contributed by atoms with Crippen LogP contribution in [0.1, 0.15) is 25.3 Å². The van der Waals surface area contributed by atoms with Gasteiger partial charge >= 0.3 is 0 Å². The molecule has 3 nitrogen and oxygen atoms in total. The van der Waals surface area contributed by atoms with Gasteiger partial charge in [-0.2, -0.15) is 0 Å². The summed E-state index contributed by atoms with van der Waals surface area (Å²) in [6.45, 7) is 2.06. The fourth-order valence-electron chi connectivity index (χ4n) is 4.34. The van der Waals surface area contributed by atoms with Gasteiger partial charge in [-0.05, 0) is 42.7 Å². The minimum Gasteiger partial charge on any atom is -0.274 e. The SMILES string of the molecule is CCc1ccccc1N1C(=O)[C@@H]2[C@H](C1=O)[C@H]1C=C[C@H]2CC1. The third-order valence-corrected chi connectivity index (χ3v) is 5.37. The summed E-state index contributed by atoms with van der Waals surface area (Å²) in [4.78, 5) is 27.2. The average molecular weight is 281 g/mol. The van der Waals surface area contributed by atoms with Crippen molar-refractivity contribution in [1.82, 2.24) is 0 Å². The number of nitrogens with zero attached hydrogens (tertiary/aromatic N) is 1. The molecule has 3 heteroatoms. The van der Waals surface area contributed by atoms with Crippen LogP contribution in [0.3, 0.4) is 0 Å². The number of allylic oxidation sites excluding steroid dienone is 2. The monoisotopic (exact) mass is 281 g/mol. The van der Waals surface area contributed by atoms with Crippen LogP contribution in [0.2, 0.25) is 0 Å². The summed E-state index contributed by atoms with van der Waals surface area (Å²) >= 11 is 0. The largest absolute Gasteiger partial charge is 0.274 e. The van der Waals surface area contributed by atoms with E-state index in [1.807, 2.05) is 24.3 Å². The topological polar surface area (TPSA) is 37.4 Å². The van der Waals surface area contributed by atoms with Crippen LogP contribution in [-0.4, -0.2) is 11.8 Å². The highest BCUT2D eigenvalue weighted by Crippen LogP contribution is 2.50. The van der Waals surface area contributed by atoms with Crippen molar-refractivity contribution >= 4 is 17.5 Å². The first kappa shape index (κ1) is 12.8. The van der Waals surface area contributed by atoms with Crippen molar-refractivity contribution < 1.29 is 9.59 Å². The summed E-state index contributed by atoms with van der Waals surface area (Å²) in [7, 11) is 0. The molecule has 0 unspecified atom stereocenters. The van der Waals surface area contributed by atoms with Crippen molar-refractivity contribution in [3.05, 3.63) is 42.0 Å². The molecule has 1 aromatic carbocycles. The van der Waals surface area contributed by atoms with E-state index < -0.39 is 0 Å². The molecule has 5 rings (SSSR count). The first-order valence-electron chi connectivity index (χ1n) is 7.86. The zero-order valence-corrected chi connectivity index (χ0v) is 12.2. The lowest BCUT2D eigenvalue weighted by molar-refractivity contribution is -0.124. The summed E-state index contributed by atoms with van der Waals surface area (Å²) < 4.78 is 0. The zero-order valence-electron chi connectivity index (χ0n) is 12.2. The molecule has 108 valence electrons. The Hall–Kier alpha value is -1.90. The maximum absolute atomic E-state index is 12.9. The maximum Gasteiger partial charge on any atom is 0.238 e. The standard InChI is InChI=1S/C18H19NO2/c1-2-11-5-3-4-6-14(11)19-17(20)15-12-7-8-13(10-9-12)16(15)18(19)21/h3-8,12-13,15-16H,2,9-10H2,1H3/t12-,13-,15-,16+/m0/s1. The summed E-state index contributed by atoms with van der Waals surface area (Å²) in [6.07, 6.45) is 7.24. The number of aryl methyl sites for hydroxylation is 1. The highest BCUT2D eigenvalue weighted by molar-refractivity contribution is 6.22. The molecule has 2 bridgehead atoms. The van der Waals surface area contributed by atoms with Crippen LogP contribution < -0.4 is 4.90 Å². The van der Waals surface area contributed by atoms with Crippen molar-refractivity contribution in [3.8, 4) is 0 Å². The van der Waals surface area contributed by atoms with E-state index in [9.17, 15) is 9.59 Å². The van der Waals surface area contributed by atoms with E-state index in [0.29, 0.717) is 0 Å². The second kappa shape index (κ2) is 4.55. The molecular weight excluding hydrogens is 262 g/mol. The minimum absolute atomic E-state index is 0.0185. The fraction of sp³-hybridized carbons (Fsp3) is 0.444. The lowest BCUT2D eigenvalue weighted by Gasteiger charge is -2.38. The van der Waals surface area contributed by atoms with Gasteiger partial charge in [-0.3, -0.25) is 9.59 Å². The number of benzene rings is 1. The van der Waals surface area contributed by atoms with E-state index in [0.717, 1.165) is 30.5 Å². The molecule has 1 aromatic rings. The molecule has 3 aliphatic carbocycles. The molecule has 2 fully saturated rings. The van der Waals surface area contributed by atoms with Crippen molar-refractivity contribution in [3.63, 3.8) is 0 Å². The lowest BCUT2D eigenvalue weighted by Crippen LogP contribution is -2.38. The highest BCUT2D eigenvalue weighted by Gasteiger charge is 2.57. The molecule has 0 spiro atoms. The first-order valence-corrected chi connectivity index (χ1v) is 7.86. The Balaban J connectivity index is 1.79. The quantitative estimate of drug-likeness (QED) is 0.617. The van der Waals surface area contributed by atoms with E-state index in [-0.39, 0.29) is 35.5 Å². The first-order chi connectivity index (χ1) is 10.2. The number of hydrogen-bond donors (Lipinski definition) is 0. The van der Waals surface area contributed by atoms with Crippen molar-refractivity contribution in [2.75, 3.05) is 4.90 Å². The van der Waals surface area contributed by atoms with Gasteiger partial charge in [-0.25, -0.2) is 4.90 Å². The lowest BCUT2D eigenvalue weighted by atomic mass is 9.63. The highest BCUT2D eigenvalue weighted by atomic mass is 16.2. The van der Waals surface area contributed by atoms with Gasteiger partial charge in [0.25, 0.3) is 0 Å². The van der Waals surface area contributed by atoms with Gasteiger partial charge in [0.1, 0.15) is 0 Å². The van der Waals surface area contributed by atoms with Crippen molar-refractivity contribution in [2.45, 2.75) is 26.2 Å². The second-order valence-electron chi connectivity index (χ2n) is 6.34. The Morgan fingerprint density at radius 2 is 1.57 bits per heavy atom. The number of imide groups is 1. The Morgan fingerprint density at radius 3 is 2.10 bits per heavy atom. The number of carbonyl (C=O) groups is 2. The van der Waals surface area contributed by atoms with E-state index in [2.05, 4.69) is 19.1 Å². The summed E-state index contributed by atoms with van der Waals surface area (Å²) in [5.41, 5.74) is 1.86. The molecule has 1 aliphatic heterocycles. The van der Waals surface area contributed by atoms with Gasteiger partial charge in [0.05, 0.1) is 17.5 Å². The molecule has 1 saturated heterocycles. The van der Waals surface area contributed by atoms with Gasteiger partial charge < -0.3 is 0 Å². The van der Waals surface area contributed by atoms with Gasteiger partial charge in [0.2, 0.25) is 11.8 Å². The van der Waals surface area contributed by atoms with Gasteiger partial charge in [-0.1, -0.05) is 37.3 Å². The van der Waals surface area contributed by atoms with E-state index in [4.69, 9.17) is 0 Å². The number of para-hydroxylation sites is 1. The third kappa shape index (κ3) is 1.66. The van der Waals surface area contributed by atoms with Crippen molar-refractivity contribution in [2.24, 2.45) is 23.7 Å². The van der Waals surface area contributed by atoms with Crippen LogP contribution in [0.25, 0.3) is 0 Å². The van der Waals surface area contributed by atoms with Crippen LogP contribution in [-0.2, 0) is 16.0 Å². The maximum atomic E-state index is 12.9.